The topological polar surface area (TPSA) is 75.6 Å². The minimum Gasteiger partial charge on any atom is -0.481 e. The van der Waals surface area contributed by atoms with Crippen LogP contribution in [-0.2, 0) is 14.3 Å². The van der Waals surface area contributed by atoms with E-state index in [1.54, 1.807) is 7.11 Å². The van der Waals surface area contributed by atoms with Gasteiger partial charge in [0.15, 0.2) is 0 Å². The number of aliphatic carboxylic acids is 1. The summed E-state index contributed by atoms with van der Waals surface area (Å²) in [6.07, 6.45) is 1.80. The van der Waals surface area contributed by atoms with Crippen LogP contribution < -0.4 is 5.32 Å². The van der Waals surface area contributed by atoms with Crippen LogP contribution in [0.1, 0.15) is 30.7 Å². The highest BCUT2D eigenvalue weighted by Crippen LogP contribution is 2.16. The third-order valence-electron chi connectivity index (χ3n) is 3.08. The summed E-state index contributed by atoms with van der Waals surface area (Å²) >= 11 is 0. The SMILES string of the molecule is COCCCCC(=O)NCC(C(=O)O)c1ccc(F)cc1. The Labute approximate surface area is 123 Å². The van der Waals surface area contributed by atoms with Crippen molar-refractivity contribution in [3.8, 4) is 0 Å². The number of amides is 1. The molecule has 0 aliphatic carbocycles. The zero-order chi connectivity index (χ0) is 15.7. The lowest BCUT2D eigenvalue weighted by atomic mass is 9.99. The average Bonchev–Trinajstić information content (AvgIpc) is 2.45. The quantitative estimate of drug-likeness (QED) is 0.683. The number of benzene rings is 1. The molecule has 0 radical (unpaired) electrons. The molecule has 1 atom stereocenters. The number of methoxy groups -OCH3 is 1. The van der Waals surface area contributed by atoms with Crippen molar-refractivity contribution in [1.29, 1.82) is 0 Å². The molecule has 0 fully saturated rings. The Morgan fingerprint density at radius 2 is 1.95 bits per heavy atom. The second-order valence-electron chi connectivity index (χ2n) is 4.70. The highest BCUT2D eigenvalue weighted by molar-refractivity contribution is 5.79. The maximum Gasteiger partial charge on any atom is 0.312 e. The average molecular weight is 297 g/mol. The number of ether oxygens (including phenoxy) is 1. The van der Waals surface area contributed by atoms with Gasteiger partial charge in [-0.25, -0.2) is 4.39 Å². The number of unbranched alkanes of at least 4 members (excludes halogenated alkanes) is 1. The molecule has 116 valence electrons. The summed E-state index contributed by atoms with van der Waals surface area (Å²) in [6.45, 7) is 0.588. The van der Waals surface area contributed by atoms with Gasteiger partial charge in [0.25, 0.3) is 0 Å². The van der Waals surface area contributed by atoms with Gasteiger partial charge in [-0.2, -0.15) is 0 Å². The molecule has 0 heterocycles. The number of carboxylic acid groups (broad SMARTS) is 1. The van der Waals surface area contributed by atoms with Gasteiger partial charge in [0.05, 0.1) is 5.92 Å². The van der Waals surface area contributed by atoms with Gasteiger partial charge in [-0.3, -0.25) is 9.59 Å². The van der Waals surface area contributed by atoms with Crippen LogP contribution in [0.25, 0.3) is 0 Å². The van der Waals surface area contributed by atoms with Gasteiger partial charge in [-0.1, -0.05) is 12.1 Å². The maximum absolute atomic E-state index is 12.8. The van der Waals surface area contributed by atoms with Gasteiger partial charge in [0.1, 0.15) is 5.82 Å². The Kier molecular flexibility index (Phi) is 7.39. The number of nitrogens with one attached hydrogen (secondary N) is 1. The lowest BCUT2D eigenvalue weighted by molar-refractivity contribution is -0.138. The molecule has 0 bridgehead atoms. The third-order valence-corrected chi connectivity index (χ3v) is 3.08. The van der Waals surface area contributed by atoms with Crippen molar-refractivity contribution in [2.45, 2.75) is 25.2 Å². The molecule has 1 aromatic carbocycles. The number of carboxylic acids is 1. The molecule has 0 aliphatic rings. The predicted octanol–water partition coefficient (Wildman–Crippen LogP) is 1.93. The van der Waals surface area contributed by atoms with Crippen LogP contribution in [0.4, 0.5) is 4.39 Å². The van der Waals surface area contributed by atoms with Crippen LogP contribution in [0.15, 0.2) is 24.3 Å². The van der Waals surface area contributed by atoms with Crippen LogP contribution in [0, 0.1) is 5.82 Å². The normalized spacial score (nSPS) is 11.9. The van der Waals surface area contributed by atoms with E-state index in [-0.39, 0.29) is 12.5 Å². The lowest BCUT2D eigenvalue weighted by Crippen LogP contribution is -2.31. The molecule has 0 aromatic heterocycles. The third kappa shape index (κ3) is 6.35. The lowest BCUT2D eigenvalue weighted by Gasteiger charge is -2.14. The number of hydrogen-bond acceptors (Lipinski definition) is 3. The molecule has 1 rings (SSSR count). The van der Waals surface area contributed by atoms with Crippen molar-refractivity contribution >= 4 is 11.9 Å². The molecule has 1 unspecified atom stereocenters. The molecule has 6 heteroatoms. The van der Waals surface area contributed by atoms with Gasteiger partial charge < -0.3 is 15.2 Å². The van der Waals surface area contributed by atoms with Crippen molar-refractivity contribution in [2.75, 3.05) is 20.3 Å². The summed E-state index contributed by atoms with van der Waals surface area (Å²) in [4.78, 5) is 22.8. The predicted molar refractivity (Wildman–Crippen MR) is 75.5 cm³/mol. The zero-order valence-corrected chi connectivity index (χ0v) is 12.0. The van der Waals surface area contributed by atoms with Gasteiger partial charge in [0, 0.05) is 26.7 Å². The number of rotatable bonds is 9. The molecule has 1 amide bonds. The fourth-order valence-electron chi connectivity index (χ4n) is 1.88. The van der Waals surface area contributed by atoms with E-state index >= 15 is 0 Å². The summed E-state index contributed by atoms with van der Waals surface area (Å²) in [6, 6.07) is 5.24. The summed E-state index contributed by atoms with van der Waals surface area (Å²) < 4.78 is 17.7. The molecule has 0 saturated carbocycles. The van der Waals surface area contributed by atoms with Crippen molar-refractivity contribution in [3.05, 3.63) is 35.6 Å². The van der Waals surface area contributed by atoms with Gasteiger partial charge in [0.2, 0.25) is 5.91 Å². The number of halogens is 1. The smallest absolute Gasteiger partial charge is 0.312 e. The summed E-state index contributed by atoms with van der Waals surface area (Å²) in [5.41, 5.74) is 0.462. The Morgan fingerprint density at radius 1 is 1.29 bits per heavy atom. The van der Waals surface area contributed by atoms with Crippen molar-refractivity contribution in [3.63, 3.8) is 0 Å². The molecule has 0 aliphatic heterocycles. The Hall–Kier alpha value is -1.95. The highest BCUT2D eigenvalue weighted by Gasteiger charge is 2.20. The summed E-state index contributed by atoms with van der Waals surface area (Å²) in [7, 11) is 1.60. The Balaban J connectivity index is 2.46. The van der Waals surface area contributed by atoms with Gasteiger partial charge in [-0.05, 0) is 30.5 Å². The molecule has 5 nitrogen and oxygen atoms in total. The van der Waals surface area contributed by atoms with Crippen LogP contribution >= 0.6 is 0 Å². The number of hydrogen-bond donors (Lipinski definition) is 2. The molecular formula is C15H20FNO4. The molecule has 0 spiro atoms. The first-order chi connectivity index (χ1) is 10.0. The van der Waals surface area contributed by atoms with E-state index in [2.05, 4.69) is 5.32 Å². The van der Waals surface area contributed by atoms with Gasteiger partial charge in [-0.15, -0.1) is 0 Å². The standard InChI is InChI=1S/C15H20FNO4/c1-21-9-3-2-4-14(18)17-10-13(15(19)20)11-5-7-12(16)8-6-11/h5-8,13H,2-4,9-10H2,1H3,(H,17,18)(H,19,20). The number of carbonyl (C=O) groups excluding carboxylic acids is 1. The van der Waals surface area contributed by atoms with Crippen molar-refractivity contribution < 1.29 is 23.8 Å². The zero-order valence-electron chi connectivity index (χ0n) is 12.0. The molecule has 0 saturated heterocycles. The summed E-state index contributed by atoms with van der Waals surface area (Å²) in [5.74, 6) is -2.56. The maximum atomic E-state index is 12.8. The van der Waals surface area contributed by atoms with Crippen LogP contribution in [-0.4, -0.2) is 37.2 Å². The van der Waals surface area contributed by atoms with E-state index in [4.69, 9.17) is 4.74 Å². The fraction of sp³-hybridized carbons (Fsp3) is 0.467. The second kappa shape index (κ2) is 9.07. The molecular weight excluding hydrogens is 277 g/mol. The van der Waals surface area contributed by atoms with Crippen LogP contribution in [0.5, 0.6) is 0 Å². The van der Waals surface area contributed by atoms with E-state index in [1.165, 1.54) is 24.3 Å². The summed E-state index contributed by atoms with van der Waals surface area (Å²) in [5, 5.41) is 11.8. The number of carbonyl (C=O) groups is 2. The first kappa shape index (κ1) is 17.1. The van der Waals surface area contributed by atoms with Crippen LogP contribution in [0.2, 0.25) is 0 Å². The van der Waals surface area contributed by atoms with E-state index in [0.29, 0.717) is 25.0 Å². The molecule has 2 N–H and O–H groups in total. The van der Waals surface area contributed by atoms with E-state index in [1.807, 2.05) is 0 Å². The Morgan fingerprint density at radius 3 is 2.52 bits per heavy atom. The van der Waals surface area contributed by atoms with E-state index < -0.39 is 17.7 Å². The minimum atomic E-state index is -1.05. The highest BCUT2D eigenvalue weighted by atomic mass is 19.1. The Bertz CT molecular complexity index is 461. The van der Waals surface area contributed by atoms with Crippen molar-refractivity contribution in [1.82, 2.24) is 5.32 Å². The largest absolute Gasteiger partial charge is 0.481 e. The van der Waals surface area contributed by atoms with E-state index in [9.17, 15) is 19.1 Å². The molecule has 21 heavy (non-hydrogen) atoms. The van der Waals surface area contributed by atoms with Gasteiger partial charge >= 0.3 is 5.97 Å². The van der Waals surface area contributed by atoms with E-state index in [0.717, 1.165) is 6.42 Å². The minimum absolute atomic E-state index is 0.00984. The first-order valence-corrected chi connectivity index (χ1v) is 6.78. The van der Waals surface area contributed by atoms with Crippen LogP contribution in [0.3, 0.4) is 0 Å². The monoisotopic (exact) mass is 297 g/mol. The second-order valence-corrected chi connectivity index (χ2v) is 4.70. The van der Waals surface area contributed by atoms with Crippen molar-refractivity contribution in [2.24, 2.45) is 0 Å². The fourth-order valence-corrected chi connectivity index (χ4v) is 1.88. The molecule has 1 aromatic rings. The first-order valence-electron chi connectivity index (χ1n) is 6.78.